The third-order valence-corrected chi connectivity index (χ3v) is 3.63. The Hall–Kier alpha value is -0.530. The van der Waals surface area contributed by atoms with Crippen molar-refractivity contribution >= 4 is 11.6 Å². The number of nitrogens with one attached hydrogen (secondary N) is 1. The van der Waals surface area contributed by atoms with Crippen molar-refractivity contribution in [2.45, 2.75) is 38.1 Å². The van der Waals surface area contributed by atoms with Crippen LogP contribution in [0, 0.1) is 0 Å². The summed E-state index contributed by atoms with van der Waals surface area (Å²) in [5.41, 5.74) is 1.32. The Morgan fingerprint density at radius 3 is 2.87 bits per heavy atom. The minimum Gasteiger partial charge on any atom is -0.314 e. The van der Waals surface area contributed by atoms with Gasteiger partial charge in [-0.3, -0.25) is 0 Å². The minimum absolute atomic E-state index is 0.610. The zero-order chi connectivity index (χ0) is 10.7. The highest BCUT2D eigenvalue weighted by Crippen LogP contribution is 2.37. The molecule has 1 aliphatic rings. The summed E-state index contributed by atoms with van der Waals surface area (Å²) >= 11 is 6.24. The monoisotopic (exact) mass is 223 g/mol. The van der Waals surface area contributed by atoms with Gasteiger partial charge in [0.1, 0.15) is 0 Å². The summed E-state index contributed by atoms with van der Waals surface area (Å²) < 4.78 is 0. The van der Waals surface area contributed by atoms with Crippen molar-refractivity contribution in [3.63, 3.8) is 0 Å². The van der Waals surface area contributed by atoms with Crippen molar-refractivity contribution in [2.75, 3.05) is 6.54 Å². The van der Waals surface area contributed by atoms with Crippen molar-refractivity contribution in [1.82, 2.24) is 5.32 Å². The lowest BCUT2D eigenvalue weighted by molar-refractivity contribution is 0.493. The van der Waals surface area contributed by atoms with Gasteiger partial charge in [-0.25, -0.2) is 0 Å². The van der Waals surface area contributed by atoms with Crippen LogP contribution in [0.3, 0.4) is 0 Å². The van der Waals surface area contributed by atoms with E-state index in [0.29, 0.717) is 12.0 Å². The number of hydrogen-bond acceptors (Lipinski definition) is 1. The number of likely N-dealkylation sites (N-methyl/N-ethyl adjacent to an activating group) is 1. The SMILES string of the molecule is CCNC1CCCC1c1ccccc1Cl. The highest BCUT2D eigenvalue weighted by atomic mass is 35.5. The van der Waals surface area contributed by atoms with Crippen molar-refractivity contribution in [1.29, 1.82) is 0 Å². The third kappa shape index (κ3) is 2.35. The Balaban J connectivity index is 2.19. The Kier molecular flexibility index (Phi) is 3.66. The van der Waals surface area contributed by atoms with Gasteiger partial charge in [-0.05, 0) is 31.0 Å². The fraction of sp³-hybridized carbons (Fsp3) is 0.538. The van der Waals surface area contributed by atoms with Crippen molar-refractivity contribution < 1.29 is 0 Å². The first-order valence-corrected chi connectivity index (χ1v) is 6.18. The van der Waals surface area contributed by atoms with Crippen LogP contribution >= 0.6 is 11.6 Å². The molecular weight excluding hydrogens is 206 g/mol. The molecule has 0 radical (unpaired) electrons. The second-order valence-electron chi connectivity index (χ2n) is 4.22. The minimum atomic E-state index is 0.610. The zero-order valence-electron chi connectivity index (χ0n) is 9.17. The lowest BCUT2D eigenvalue weighted by atomic mass is 9.94. The zero-order valence-corrected chi connectivity index (χ0v) is 9.93. The van der Waals surface area contributed by atoms with E-state index in [1.54, 1.807) is 0 Å². The molecule has 2 rings (SSSR count). The molecule has 0 heterocycles. The fourth-order valence-corrected chi connectivity index (χ4v) is 2.89. The molecule has 1 aromatic rings. The summed E-state index contributed by atoms with van der Waals surface area (Å²) in [5.74, 6) is 0.610. The molecule has 0 spiro atoms. The average molecular weight is 224 g/mol. The maximum atomic E-state index is 6.24. The van der Waals surface area contributed by atoms with Gasteiger partial charge in [-0.1, -0.05) is 43.1 Å². The Morgan fingerprint density at radius 1 is 1.33 bits per heavy atom. The van der Waals surface area contributed by atoms with Crippen LogP contribution in [0.15, 0.2) is 24.3 Å². The molecule has 1 aliphatic carbocycles. The van der Waals surface area contributed by atoms with Crippen LogP contribution in [0.25, 0.3) is 0 Å². The summed E-state index contributed by atoms with van der Waals surface area (Å²) in [6.45, 7) is 3.22. The summed E-state index contributed by atoms with van der Waals surface area (Å²) in [5, 5.41) is 4.49. The number of hydrogen-bond donors (Lipinski definition) is 1. The topological polar surface area (TPSA) is 12.0 Å². The van der Waals surface area contributed by atoms with Crippen LogP contribution in [0.5, 0.6) is 0 Å². The predicted octanol–water partition coefficient (Wildman–Crippen LogP) is 3.59. The van der Waals surface area contributed by atoms with Gasteiger partial charge in [0.05, 0.1) is 0 Å². The van der Waals surface area contributed by atoms with E-state index in [0.717, 1.165) is 11.6 Å². The van der Waals surface area contributed by atoms with Gasteiger partial charge in [-0.2, -0.15) is 0 Å². The molecule has 1 N–H and O–H groups in total. The van der Waals surface area contributed by atoms with Crippen LogP contribution in [0.1, 0.15) is 37.7 Å². The second kappa shape index (κ2) is 5.00. The number of halogens is 1. The third-order valence-electron chi connectivity index (χ3n) is 3.29. The van der Waals surface area contributed by atoms with Crippen molar-refractivity contribution in [3.05, 3.63) is 34.9 Å². The molecule has 2 unspecified atom stereocenters. The standard InChI is InChI=1S/C13H18ClN/c1-2-15-13-9-5-7-11(13)10-6-3-4-8-12(10)14/h3-4,6,8,11,13,15H,2,5,7,9H2,1H3. The summed E-state index contributed by atoms with van der Waals surface area (Å²) in [7, 11) is 0. The fourth-order valence-electron chi connectivity index (χ4n) is 2.61. The van der Waals surface area contributed by atoms with E-state index in [2.05, 4.69) is 24.4 Å². The van der Waals surface area contributed by atoms with Gasteiger partial charge < -0.3 is 5.32 Å². The molecule has 1 aromatic carbocycles. The molecular formula is C13H18ClN. The lowest BCUT2D eigenvalue weighted by Crippen LogP contribution is -2.30. The number of rotatable bonds is 3. The summed E-state index contributed by atoms with van der Waals surface area (Å²) in [6.07, 6.45) is 3.86. The van der Waals surface area contributed by atoms with Crippen molar-refractivity contribution in [2.24, 2.45) is 0 Å². The summed E-state index contributed by atoms with van der Waals surface area (Å²) in [6, 6.07) is 8.88. The quantitative estimate of drug-likeness (QED) is 0.826. The van der Waals surface area contributed by atoms with Crippen LogP contribution in [0.2, 0.25) is 5.02 Å². The Labute approximate surface area is 96.8 Å². The molecule has 1 saturated carbocycles. The van der Waals surface area contributed by atoms with Gasteiger partial charge in [0.15, 0.2) is 0 Å². The lowest BCUT2D eigenvalue weighted by Gasteiger charge is -2.21. The van der Waals surface area contributed by atoms with E-state index in [1.165, 1.54) is 24.8 Å². The molecule has 1 fully saturated rings. The van der Waals surface area contributed by atoms with Gasteiger partial charge >= 0.3 is 0 Å². The largest absolute Gasteiger partial charge is 0.314 e. The van der Waals surface area contributed by atoms with Crippen LogP contribution in [0.4, 0.5) is 0 Å². The first-order chi connectivity index (χ1) is 7.33. The van der Waals surface area contributed by atoms with E-state index in [4.69, 9.17) is 11.6 Å². The molecule has 0 bridgehead atoms. The first kappa shape index (κ1) is 11.0. The maximum Gasteiger partial charge on any atom is 0.0441 e. The molecule has 2 heteroatoms. The number of benzene rings is 1. The maximum absolute atomic E-state index is 6.24. The molecule has 82 valence electrons. The van der Waals surface area contributed by atoms with Gasteiger partial charge in [-0.15, -0.1) is 0 Å². The summed E-state index contributed by atoms with van der Waals surface area (Å²) in [4.78, 5) is 0. The van der Waals surface area contributed by atoms with Gasteiger partial charge in [0.25, 0.3) is 0 Å². The first-order valence-electron chi connectivity index (χ1n) is 5.80. The second-order valence-corrected chi connectivity index (χ2v) is 4.63. The van der Waals surface area contributed by atoms with Crippen LogP contribution < -0.4 is 5.32 Å². The molecule has 2 atom stereocenters. The highest BCUT2D eigenvalue weighted by molar-refractivity contribution is 6.31. The smallest absolute Gasteiger partial charge is 0.0441 e. The highest BCUT2D eigenvalue weighted by Gasteiger charge is 2.28. The Bertz CT molecular complexity index is 324. The average Bonchev–Trinajstić information content (AvgIpc) is 2.67. The molecule has 15 heavy (non-hydrogen) atoms. The van der Waals surface area contributed by atoms with E-state index < -0.39 is 0 Å². The van der Waals surface area contributed by atoms with Gasteiger partial charge in [0.2, 0.25) is 0 Å². The van der Waals surface area contributed by atoms with E-state index in [-0.39, 0.29) is 0 Å². The normalized spacial score (nSPS) is 25.7. The predicted molar refractivity (Wildman–Crippen MR) is 65.5 cm³/mol. The molecule has 0 aliphatic heterocycles. The molecule has 1 nitrogen and oxygen atoms in total. The van der Waals surface area contributed by atoms with Crippen LogP contribution in [-0.2, 0) is 0 Å². The molecule has 0 amide bonds. The van der Waals surface area contributed by atoms with E-state index in [1.807, 2.05) is 12.1 Å². The van der Waals surface area contributed by atoms with E-state index >= 15 is 0 Å². The van der Waals surface area contributed by atoms with Crippen LogP contribution in [-0.4, -0.2) is 12.6 Å². The van der Waals surface area contributed by atoms with Crippen molar-refractivity contribution in [3.8, 4) is 0 Å². The molecule has 0 saturated heterocycles. The molecule has 0 aromatic heterocycles. The van der Waals surface area contributed by atoms with E-state index in [9.17, 15) is 0 Å². The van der Waals surface area contributed by atoms with Gasteiger partial charge in [0, 0.05) is 17.0 Å². The Morgan fingerprint density at radius 2 is 2.13 bits per heavy atom.